The minimum Gasteiger partial charge on any atom is -0.360 e. The molecule has 0 atom stereocenters. The highest BCUT2D eigenvalue weighted by molar-refractivity contribution is 7.80. The Balaban J connectivity index is 1.78. The molecular weight excluding hydrogens is 228 g/mol. The summed E-state index contributed by atoms with van der Waals surface area (Å²) in [5, 5.41) is 7.38. The van der Waals surface area contributed by atoms with E-state index in [-0.39, 0.29) is 0 Å². The minimum atomic E-state index is 0.551. The van der Waals surface area contributed by atoms with Crippen molar-refractivity contribution in [3.8, 4) is 0 Å². The summed E-state index contributed by atoms with van der Waals surface area (Å²) in [4.78, 5) is 0. The molecule has 1 aliphatic rings. The number of rotatable bonds is 2. The molecule has 2 rings (SSSR count). The van der Waals surface area contributed by atoms with Crippen LogP contribution in [0.5, 0.6) is 0 Å². The number of anilines is 1. The molecule has 0 aliphatic heterocycles. The van der Waals surface area contributed by atoms with Crippen LogP contribution in [0.1, 0.15) is 32.6 Å². The average molecular weight is 248 g/mol. The van der Waals surface area contributed by atoms with Gasteiger partial charge in [-0.15, -0.1) is 0 Å². The zero-order chi connectivity index (χ0) is 12.1. The monoisotopic (exact) mass is 248 g/mol. The van der Waals surface area contributed by atoms with Crippen molar-refractivity contribution in [3.63, 3.8) is 0 Å². The summed E-state index contributed by atoms with van der Waals surface area (Å²) in [6.45, 7) is 2.33. The standard InChI is InChI=1S/C14H20N2S/c1-11-7-9-13(10-8-11)16-14(17)15-12-5-3-2-4-6-12/h2-6,11,13H,7-10H2,1H3,(H2,15,16,17). The second kappa shape index (κ2) is 6.01. The van der Waals surface area contributed by atoms with Gasteiger partial charge in [-0.05, 0) is 56.0 Å². The van der Waals surface area contributed by atoms with E-state index in [1.165, 1.54) is 25.7 Å². The Hall–Kier alpha value is -1.09. The molecule has 0 bridgehead atoms. The van der Waals surface area contributed by atoms with Crippen LogP contribution in [-0.4, -0.2) is 11.2 Å². The summed E-state index contributed by atoms with van der Waals surface area (Å²) < 4.78 is 0. The van der Waals surface area contributed by atoms with E-state index in [0.717, 1.165) is 16.7 Å². The van der Waals surface area contributed by atoms with Gasteiger partial charge in [-0.1, -0.05) is 25.1 Å². The van der Waals surface area contributed by atoms with Gasteiger partial charge in [0.05, 0.1) is 0 Å². The molecule has 0 aromatic heterocycles. The molecule has 0 saturated heterocycles. The third-order valence-electron chi connectivity index (χ3n) is 3.38. The Morgan fingerprint density at radius 2 is 1.76 bits per heavy atom. The number of thiocarbonyl (C=S) groups is 1. The second-order valence-corrected chi connectivity index (χ2v) is 5.33. The highest BCUT2D eigenvalue weighted by Crippen LogP contribution is 2.23. The lowest BCUT2D eigenvalue weighted by molar-refractivity contribution is 0.332. The van der Waals surface area contributed by atoms with Crippen molar-refractivity contribution in [1.82, 2.24) is 5.32 Å². The van der Waals surface area contributed by atoms with Crippen molar-refractivity contribution < 1.29 is 0 Å². The fourth-order valence-corrected chi connectivity index (χ4v) is 2.56. The predicted molar refractivity (Wildman–Crippen MR) is 77.2 cm³/mol. The Morgan fingerprint density at radius 1 is 1.12 bits per heavy atom. The van der Waals surface area contributed by atoms with Gasteiger partial charge in [-0.3, -0.25) is 0 Å². The van der Waals surface area contributed by atoms with E-state index in [4.69, 9.17) is 12.2 Å². The predicted octanol–water partition coefficient (Wildman–Crippen LogP) is 3.55. The lowest BCUT2D eigenvalue weighted by Gasteiger charge is -2.28. The Bertz CT molecular complexity index is 356. The lowest BCUT2D eigenvalue weighted by Crippen LogP contribution is -2.39. The van der Waals surface area contributed by atoms with Gasteiger partial charge < -0.3 is 10.6 Å². The van der Waals surface area contributed by atoms with E-state index >= 15 is 0 Å². The van der Waals surface area contributed by atoms with Gasteiger partial charge in [-0.25, -0.2) is 0 Å². The van der Waals surface area contributed by atoms with E-state index in [1.807, 2.05) is 30.3 Å². The number of hydrogen-bond acceptors (Lipinski definition) is 1. The Kier molecular flexibility index (Phi) is 4.37. The summed E-state index contributed by atoms with van der Waals surface area (Å²) in [6, 6.07) is 10.6. The van der Waals surface area contributed by atoms with E-state index in [9.17, 15) is 0 Å². The molecular formula is C14H20N2S. The molecule has 0 amide bonds. The number of benzene rings is 1. The summed E-state index contributed by atoms with van der Waals surface area (Å²) in [5.41, 5.74) is 1.05. The maximum absolute atomic E-state index is 5.32. The molecule has 0 unspecified atom stereocenters. The maximum atomic E-state index is 5.32. The van der Waals surface area contributed by atoms with Crippen LogP contribution in [0.4, 0.5) is 5.69 Å². The van der Waals surface area contributed by atoms with Crippen LogP contribution >= 0.6 is 12.2 Å². The molecule has 2 nitrogen and oxygen atoms in total. The Labute approximate surface area is 109 Å². The third kappa shape index (κ3) is 4.00. The molecule has 1 aromatic carbocycles. The van der Waals surface area contributed by atoms with E-state index in [0.29, 0.717) is 6.04 Å². The molecule has 17 heavy (non-hydrogen) atoms. The highest BCUT2D eigenvalue weighted by Gasteiger charge is 2.18. The van der Waals surface area contributed by atoms with Crippen LogP contribution in [0.2, 0.25) is 0 Å². The van der Waals surface area contributed by atoms with Crippen LogP contribution < -0.4 is 10.6 Å². The maximum Gasteiger partial charge on any atom is 0.170 e. The van der Waals surface area contributed by atoms with Crippen LogP contribution in [0.3, 0.4) is 0 Å². The second-order valence-electron chi connectivity index (χ2n) is 4.92. The molecule has 1 fully saturated rings. The fourth-order valence-electron chi connectivity index (χ4n) is 2.28. The van der Waals surface area contributed by atoms with Gasteiger partial charge in [0, 0.05) is 11.7 Å². The van der Waals surface area contributed by atoms with Crippen LogP contribution in [0.15, 0.2) is 30.3 Å². The fraction of sp³-hybridized carbons (Fsp3) is 0.500. The van der Waals surface area contributed by atoms with Gasteiger partial charge in [0.25, 0.3) is 0 Å². The lowest BCUT2D eigenvalue weighted by atomic mass is 9.87. The summed E-state index contributed by atoms with van der Waals surface area (Å²) in [5.74, 6) is 0.878. The molecule has 0 heterocycles. The first kappa shape index (κ1) is 12.4. The topological polar surface area (TPSA) is 24.1 Å². The van der Waals surface area contributed by atoms with Crippen molar-refractivity contribution in [2.45, 2.75) is 38.6 Å². The van der Waals surface area contributed by atoms with Crippen molar-refractivity contribution in [3.05, 3.63) is 30.3 Å². The summed E-state index contributed by atoms with van der Waals surface area (Å²) in [6.07, 6.45) is 5.09. The van der Waals surface area contributed by atoms with Gasteiger partial charge in [0.2, 0.25) is 0 Å². The van der Waals surface area contributed by atoms with Gasteiger partial charge in [0.15, 0.2) is 5.11 Å². The highest BCUT2D eigenvalue weighted by atomic mass is 32.1. The average Bonchev–Trinajstić information content (AvgIpc) is 2.33. The number of para-hydroxylation sites is 1. The van der Waals surface area contributed by atoms with Gasteiger partial charge in [-0.2, -0.15) is 0 Å². The smallest absolute Gasteiger partial charge is 0.170 e. The molecule has 2 N–H and O–H groups in total. The van der Waals surface area contributed by atoms with Crippen molar-refractivity contribution in [2.75, 3.05) is 5.32 Å². The van der Waals surface area contributed by atoms with E-state index in [1.54, 1.807) is 0 Å². The number of nitrogens with one attached hydrogen (secondary N) is 2. The molecule has 0 spiro atoms. The largest absolute Gasteiger partial charge is 0.360 e. The molecule has 0 radical (unpaired) electrons. The summed E-state index contributed by atoms with van der Waals surface area (Å²) >= 11 is 5.32. The first-order valence-corrected chi connectivity index (χ1v) is 6.77. The van der Waals surface area contributed by atoms with Gasteiger partial charge >= 0.3 is 0 Å². The summed E-state index contributed by atoms with van der Waals surface area (Å²) in [7, 11) is 0. The first-order valence-electron chi connectivity index (χ1n) is 6.36. The molecule has 1 aromatic rings. The third-order valence-corrected chi connectivity index (χ3v) is 3.60. The van der Waals surface area contributed by atoms with Crippen molar-refractivity contribution in [1.29, 1.82) is 0 Å². The van der Waals surface area contributed by atoms with E-state index < -0.39 is 0 Å². The first-order chi connectivity index (χ1) is 8.24. The Morgan fingerprint density at radius 3 is 2.41 bits per heavy atom. The van der Waals surface area contributed by atoms with Crippen LogP contribution in [-0.2, 0) is 0 Å². The molecule has 3 heteroatoms. The quantitative estimate of drug-likeness (QED) is 0.783. The van der Waals surface area contributed by atoms with E-state index in [2.05, 4.69) is 17.6 Å². The normalized spacial score (nSPS) is 24.1. The SMILES string of the molecule is CC1CCC(NC(=S)Nc2ccccc2)CC1. The zero-order valence-electron chi connectivity index (χ0n) is 10.3. The molecule has 92 valence electrons. The van der Waals surface area contributed by atoms with Crippen LogP contribution in [0.25, 0.3) is 0 Å². The van der Waals surface area contributed by atoms with Crippen LogP contribution in [0, 0.1) is 5.92 Å². The minimum absolute atomic E-state index is 0.551. The zero-order valence-corrected chi connectivity index (χ0v) is 11.1. The van der Waals surface area contributed by atoms with Gasteiger partial charge in [0.1, 0.15) is 0 Å². The van der Waals surface area contributed by atoms with Crippen molar-refractivity contribution >= 4 is 23.0 Å². The molecule has 1 saturated carbocycles. The van der Waals surface area contributed by atoms with Crippen molar-refractivity contribution in [2.24, 2.45) is 5.92 Å². The molecule has 1 aliphatic carbocycles. The number of hydrogen-bond donors (Lipinski definition) is 2.